The third kappa shape index (κ3) is 2.35. The molecule has 2 aromatic rings. The van der Waals surface area contributed by atoms with Gasteiger partial charge in [0.2, 0.25) is 0 Å². The van der Waals surface area contributed by atoms with Gasteiger partial charge in [0.05, 0.1) is 25.2 Å². The van der Waals surface area contributed by atoms with Gasteiger partial charge < -0.3 is 0 Å². The molecule has 9 heteroatoms. The number of quaternary nitrogens is 1. The largest absolute Gasteiger partial charge is 0.523 e. The second kappa shape index (κ2) is 5.08. The van der Waals surface area contributed by atoms with Crippen molar-refractivity contribution in [2.24, 2.45) is 0 Å². The first-order valence-corrected chi connectivity index (χ1v) is 8.46. The number of halogens is 3. The molecule has 0 fully saturated rings. The van der Waals surface area contributed by atoms with Gasteiger partial charge in [-0.2, -0.15) is 25.8 Å². The van der Waals surface area contributed by atoms with E-state index in [9.17, 15) is 21.6 Å². The minimum atomic E-state index is -5.73. The lowest BCUT2D eigenvalue weighted by Crippen LogP contribution is -2.62. The zero-order valence-corrected chi connectivity index (χ0v) is 14.0. The van der Waals surface area contributed by atoms with Gasteiger partial charge >= 0.3 is 15.6 Å². The number of alkyl halides is 3. The maximum absolute atomic E-state index is 12.8. The average Bonchev–Trinajstić information content (AvgIpc) is 2.48. The average molecular weight is 361 g/mol. The van der Waals surface area contributed by atoms with Gasteiger partial charge in [-0.1, -0.05) is 24.3 Å². The molecular formula is C15H16F3N2O3S+. The van der Waals surface area contributed by atoms with Crippen LogP contribution in [0.2, 0.25) is 0 Å². The van der Waals surface area contributed by atoms with Gasteiger partial charge in [0.15, 0.2) is 0 Å². The summed E-state index contributed by atoms with van der Waals surface area (Å²) < 4.78 is 65.7. The van der Waals surface area contributed by atoms with E-state index in [0.29, 0.717) is 11.4 Å². The summed E-state index contributed by atoms with van der Waals surface area (Å²) in [6.07, 6.45) is -1.38. The summed E-state index contributed by atoms with van der Waals surface area (Å²) >= 11 is 0. The fraction of sp³-hybridized carbons (Fsp3) is 0.333. The first-order valence-electron chi connectivity index (χ1n) is 7.05. The summed E-state index contributed by atoms with van der Waals surface area (Å²) in [7, 11) is -0.997. The topological polar surface area (TPSA) is 46.6 Å². The van der Waals surface area contributed by atoms with E-state index in [0.717, 1.165) is 10.8 Å². The Labute approximate surface area is 137 Å². The zero-order valence-electron chi connectivity index (χ0n) is 13.2. The highest BCUT2D eigenvalue weighted by atomic mass is 32.2. The first kappa shape index (κ1) is 17.0. The van der Waals surface area contributed by atoms with Crippen LogP contribution in [0.3, 0.4) is 0 Å². The second-order valence-electron chi connectivity index (χ2n) is 6.13. The molecule has 0 aromatic heterocycles. The standard InChI is InChI=1S/C15H16F3N2O3S/c1-19-11-8-4-6-10-7-5-9-12(13(10)11)20(2,3)14(19)23-24(21,22)15(16,17)18/h4-9,14H,1-3H3/q+1. The predicted molar refractivity (Wildman–Crippen MR) is 85.8 cm³/mol. The van der Waals surface area contributed by atoms with Gasteiger partial charge in [0.25, 0.3) is 6.35 Å². The third-order valence-electron chi connectivity index (χ3n) is 4.24. The Morgan fingerprint density at radius 3 is 2.29 bits per heavy atom. The molecule has 0 radical (unpaired) electrons. The van der Waals surface area contributed by atoms with Crippen LogP contribution in [0.4, 0.5) is 24.5 Å². The van der Waals surface area contributed by atoms with E-state index in [1.807, 2.05) is 12.1 Å². The van der Waals surface area contributed by atoms with Crippen LogP contribution in [0, 0.1) is 0 Å². The van der Waals surface area contributed by atoms with Crippen molar-refractivity contribution in [3.63, 3.8) is 0 Å². The van der Waals surface area contributed by atoms with Crippen molar-refractivity contribution in [1.82, 2.24) is 4.48 Å². The Bertz CT molecular complexity index is 905. The van der Waals surface area contributed by atoms with E-state index in [-0.39, 0.29) is 4.48 Å². The maximum atomic E-state index is 12.8. The number of anilines is 1. The van der Waals surface area contributed by atoms with Gasteiger partial charge in [-0.3, -0.25) is 9.38 Å². The number of rotatable bonds is 2. The molecule has 0 saturated heterocycles. The van der Waals surface area contributed by atoms with Crippen LogP contribution in [-0.4, -0.2) is 41.4 Å². The fourth-order valence-corrected chi connectivity index (χ4v) is 3.77. The quantitative estimate of drug-likeness (QED) is 0.469. The van der Waals surface area contributed by atoms with Gasteiger partial charge in [0.1, 0.15) is 5.69 Å². The molecule has 0 saturated carbocycles. The Kier molecular flexibility index (Phi) is 3.60. The van der Waals surface area contributed by atoms with Crippen molar-refractivity contribution in [3.05, 3.63) is 36.4 Å². The molecule has 5 nitrogen and oxygen atoms in total. The molecule has 1 aliphatic heterocycles. The van der Waals surface area contributed by atoms with Crippen LogP contribution in [-0.2, 0) is 14.3 Å². The van der Waals surface area contributed by atoms with Crippen molar-refractivity contribution in [2.45, 2.75) is 11.9 Å². The minimum Gasteiger partial charge on any atom is -0.300 e. The molecule has 0 aliphatic carbocycles. The molecule has 1 heterocycles. The summed E-state index contributed by atoms with van der Waals surface area (Å²) in [5.74, 6) is 0. The third-order valence-corrected chi connectivity index (χ3v) is 5.23. The highest BCUT2D eigenvalue weighted by Crippen LogP contribution is 2.44. The SMILES string of the molecule is CN1c2cccc3cccc(c23)[N+](C)(C)C1OS(=O)(=O)C(F)(F)F. The number of hydrogen-bond acceptors (Lipinski definition) is 4. The van der Waals surface area contributed by atoms with Crippen molar-refractivity contribution in [3.8, 4) is 0 Å². The van der Waals surface area contributed by atoms with Gasteiger partial charge in [-0.05, 0) is 11.5 Å². The minimum absolute atomic E-state index is 0.194. The lowest BCUT2D eigenvalue weighted by molar-refractivity contribution is -0.0634. The number of benzene rings is 2. The van der Waals surface area contributed by atoms with E-state index in [2.05, 4.69) is 4.18 Å². The van der Waals surface area contributed by atoms with Gasteiger partial charge in [-0.15, -0.1) is 0 Å². The normalized spacial score (nSPS) is 20.4. The Hall–Kier alpha value is -1.84. The lowest BCUT2D eigenvalue weighted by atomic mass is 10.0. The number of hydrogen-bond donors (Lipinski definition) is 0. The molecule has 2 aromatic carbocycles. The van der Waals surface area contributed by atoms with Crippen LogP contribution in [0.5, 0.6) is 0 Å². The van der Waals surface area contributed by atoms with Crippen molar-refractivity contribution >= 4 is 32.3 Å². The highest BCUT2D eigenvalue weighted by molar-refractivity contribution is 7.87. The summed E-state index contributed by atoms with van der Waals surface area (Å²) in [4.78, 5) is 1.42. The molecule has 0 N–H and O–H groups in total. The molecule has 3 rings (SSSR count). The summed E-state index contributed by atoms with van der Waals surface area (Å²) in [6.45, 7) is 0. The fourth-order valence-electron chi connectivity index (χ4n) is 3.09. The van der Waals surface area contributed by atoms with E-state index in [1.54, 1.807) is 38.4 Å². The van der Waals surface area contributed by atoms with E-state index in [4.69, 9.17) is 0 Å². The van der Waals surface area contributed by atoms with Gasteiger partial charge in [0, 0.05) is 13.1 Å². The Morgan fingerprint density at radius 1 is 1.12 bits per heavy atom. The molecule has 1 unspecified atom stereocenters. The van der Waals surface area contributed by atoms with Crippen LogP contribution in [0.15, 0.2) is 36.4 Å². The molecular weight excluding hydrogens is 345 g/mol. The highest BCUT2D eigenvalue weighted by Gasteiger charge is 2.53. The van der Waals surface area contributed by atoms with E-state index >= 15 is 0 Å². The smallest absolute Gasteiger partial charge is 0.300 e. The first-order chi connectivity index (χ1) is 11.0. The molecule has 0 bridgehead atoms. The van der Waals surface area contributed by atoms with Crippen LogP contribution >= 0.6 is 0 Å². The monoisotopic (exact) mass is 361 g/mol. The van der Waals surface area contributed by atoms with Gasteiger partial charge in [-0.25, -0.2) is 0 Å². The maximum Gasteiger partial charge on any atom is 0.523 e. The van der Waals surface area contributed by atoms with E-state index < -0.39 is 22.0 Å². The molecule has 1 aliphatic rings. The van der Waals surface area contributed by atoms with Crippen LogP contribution < -0.4 is 9.38 Å². The molecule has 130 valence electrons. The van der Waals surface area contributed by atoms with Crippen LogP contribution in [0.25, 0.3) is 10.8 Å². The van der Waals surface area contributed by atoms with Crippen LogP contribution in [0.1, 0.15) is 0 Å². The molecule has 0 amide bonds. The van der Waals surface area contributed by atoms with Crippen molar-refractivity contribution < 1.29 is 25.8 Å². The molecule has 24 heavy (non-hydrogen) atoms. The summed E-state index contributed by atoms with van der Waals surface area (Å²) in [5.41, 5.74) is -4.18. The number of nitrogens with zero attached hydrogens (tertiary/aromatic N) is 2. The Balaban J connectivity index is 2.19. The van der Waals surface area contributed by atoms with Crippen molar-refractivity contribution in [2.75, 3.05) is 26.0 Å². The Morgan fingerprint density at radius 2 is 1.71 bits per heavy atom. The molecule has 1 atom stereocenters. The second-order valence-corrected chi connectivity index (χ2v) is 7.69. The zero-order chi connectivity index (χ0) is 17.9. The summed E-state index contributed by atoms with van der Waals surface area (Å²) in [5, 5.41) is 1.77. The predicted octanol–water partition coefficient (Wildman–Crippen LogP) is 3.01. The lowest BCUT2D eigenvalue weighted by Gasteiger charge is -2.45. The van der Waals surface area contributed by atoms with E-state index in [1.165, 1.54) is 11.9 Å². The molecule has 0 spiro atoms. The summed E-state index contributed by atoms with van der Waals surface area (Å²) in [6, 6.07) is 10.8. The van der Waals surface area contributed by atoms with Crippen molar-refractivity contribution in [1.29, 1.82) is 0 Å².